The first-order chi connectivity index (χ1) is 15.4. The second-order valence-corrected chi connectivity index (χ2v) is 8.14. The summed E-state index contributed by atoms with van der Waals surface area (Å²) in [6.07, 6.45) is 0.0985. The van der Waals surface area contributed by atoms with Gasteiger partial charge in [-0.3, -0.25) is 14.4 Å². The molecule has 0 bridgehead atoms. The number of aromatic nitrogens is 2. The number of H-pyrrole nitrogens is 1. The number of nitrogens with two attached hydrogens (primary N) is 1. The molecule has 0 unspecified atom stereocenters. The molecular formula is C22H19FN4O4S. The van der Waals surface area contributed by atoms with Gasteiger partial charge in [-0.1, -0.05) is 36.0 Å². The van der Waals surface area contributed by atoms with Crippen molar-refractivity contribution in [2.75, 3.05) is 11.9 Å². The zero-order valence-corrected chi connectivity index (χ0v) is 17.6. The molecule has 32 heavy (non-hydrogen) atoms. The molecule has 10 heteroatoms. The minimum atomic E-state index is -0.585. The SMILES string of the molecule is NC(=O)COc1ccc([C@H]2CC(=O)Nc3nc(SCc4ccc(F)cc4)[nH]c(=O)c32)cc1. The van der Waals surface area contributed by atoms with Crippen molar-refractivity contribution in [2.45, 2.75) is 23.2 Å². The number of hydrogen-bond donors (Lipinski definition) is 3. The Morgan fingerprint density at radius 2 is 1.88 bits per heavy atom. The molecule has 1 aliphatic heterocycles. The summed E-state index contributed by atoms with van der Waals surface area (Å²) in [4.78, 5) is 43.2. The number of carbonyl (C=O) groups is 2. The number of halogens is 1. The number of carbonyl (C=O) groups excluding carboxylic acids is 2. The number of fused-ring (bicyclic) bond motifs is 1. The molecule has 0 spiro atoms. The molecule has 0 radical (unpaired) electrons. The van der Waals surface area contributed by atoms with Gasteiger partial charge in [-0.2, -0.15) is 0 Å². The van der Waals surface area contributed by atoms with Crippen LogP contribution in [0.1, 0.15) is 29.0 Å². The third-order valence-corrected chi connectivity index (χ3v) is 5.83. The summed E-state index contributed by atoms with van der Waals surface area (Å²) in [5.41, 5.74) is 6.73. The highest BCUT2D eigenvalue weighted by Gasteiger charge is 2.31. The van der Waals surface area contributed by atoms with E-state index in [-0.39, 0.29) is 36.1 Å². The highest BCUT2D eigenvalue weighted by atomic mass is 32.2. The second-order valence-electron chi connectivity index (χ2n) is 7.18. The van der Waals surface area contributed by atoms with Gasteiger partial charge in [0.1, 0.15) is 17.4 Å². The average molecular weight is 454 g/mol. The Bertz CT molecular complexity index is 1210. The number of hydrogen-bond acceptors (Lipinski definition) is 6. The van der Waals surface area contributed by atoms with Crippen molar-refractivity contribution < 1.29 is 18.7 Å². The molecule has 0 saturated heterocycles. The van der Waals surface area contributed by atoms with E-state index >= 15 is 0 Å². The van der Waals surface area contributed by atoms with Gasteiger partial charge in [-0.15, -0.1) is 0 Å². The van der Waals surface area contributed by atoms with Gasteiger partial charge in [-0.25, -0.2) is 9.37 Å². The lowest BCUT2D eigenvalue weighted by molar-refractivity contribution is -0.120. The predicted molar refractivity (Wildman–Crippen MR) is 117 cm³/mol. The first-order valence-electron chi connectivity index (χ1n) is 9.71. The molecule has 8 nitrogen and oxygen atoms in total. The predicted octanol–water partition coefficient (Wildman–Crippen LogP) is 2.54. The van der Waals surface area contributed by atoms with Crippen molar-refractivity contribution in [3.8, 4) is 5.75 Å². The maximum Gasteiger partial charge on any atom is 0.257 e. The molecule has 2 aromatic carbocycles. The fourth-order valence-corrected chi connectivity index (χ4v) is 4.20. The Kier molecular flexibility index (Phi) is 6.22. The number of nitrogens with zero attached hydrogens (tertiary/aromatic N) is 1. The Morgan fingerprint density at radius 1 is 1.16 bits per heavy atom. The minimum absolute atomic E-state index is 0.0985. The minimum Gasteiger partial charge on any atom is -0.484 e. The number of thioether (sulfide) groups is 1. The molecule has 0 saturated carbocycles. The normalized spacial score (nSPS) is 15.0. The van der Waals surface area contributed by atoms with Crippen LogP contribution in [0.15, 0.2) is 58.5 Å². The van der Waals surface area contributed by atoms with E-state index < -0.39 is 11.8 Å². The third kappa shape index (κ3) is 4.97. The molecule has 1 aliphatic rings. The van der Waals surface area contributed by atoms with Crippen molar-refractivity contribution in [3.63, 3.8) is 0 Å². The quantitative estimate of drug-likeness (QED) is 0.372. The van der Waals surface area contributed by atoms with E-state index in [1.54, 1.807) is 36.4 Å². The van der Waals surface area contributed by atoms with Gasteiger partial charge >= 0.3 is 0 Å². The number of benzene rings is 2. The number of aromatic amines is 1. The van der Waals surface area contributed by atoms with E-state index in [4.69, 9.17) is 10.5 Å². The van der Waals surface area contributed by atoms with E-state index in [1.807, 2.05) is 0 Å². The highest BCUT2D eigenvalue weighted by molar-refractivity contribution is 7.98. The largest absolute Gasteiger partial charge is 0.484 e. The van der Waals surface area contributed by atoms with Crippen LogP contribution in [0.3, 0.4) is 0 Å². The second kappa shape index (κ2) is 9.23. The number of anilines is 1. The lowest BCUT2D eigenvalue weighted by Gasteiger charge is -2.24. The molecular weight excluding hydrogens is 435 g/mol. The zero-order valence-electron chi connectivity index (χ0n) is 16.8. The van der Waals surface area contributed by atoms with Crippen LogP contribution in [0.5, 0.6) is 5.75 Å². The molecule has 2 amide bonds. The number of nitrogens with one attached hydrogen (secondary N) is 2. The fraction of sp³-hybridized carbons (Fsp3) is 0.182. The van der Waals surface area contributed by atoms with E-state index in [0.717, 1.165) is 11.1 Å². The number of ether oxygens (including phenoxy) is 1. The molecule has 0 fully saturated rings. The summed E-state index contributed by atoms with van der Waals surface area (Å²) < 4.78 is 18.3. The van der Waals surface area contributed by atoms with Crippen LogP contribution < -0.4 is 21.3 Å². The summed E-state index contributed by atoms with van der Waals surface area (Å²) in [5.74, 6) is -0.469. The Labute approximate surface area is 186 Å². The molecule has 4 rings (SSSR count). The lowest BCUT2D eigenvalue weighted by Crippen LogP contribution is -2.31. The molecule has 1 aromatic heterocycles. The third-order valence-electron chi connectivity index (χ3n) is 4.88. The van der Waals surface area contributed by atoms with Crippen molar-refractivity contribution in [1.82, 2.24) is 9.97 Å². The van der Waals surface area contributed by atoms with Crippen LogP contribution in [-0.2, 0) is 15.3 Å². The molecule has 0 aliphatic carbocycles. The van der Waals surface area contributed by atoms with Crippen LogP contribution in [0.25, 0.3) is 0 Å². The van der Waals surface area contributed by atoms with Crippen molar-refractivity contribution in [3.05, 3.63) is 81.4 Å². The zero-order chi connectivity index (χ0) is 22.7. The maximum absolute atomic E-state index is 13.1. The van der Waals surface area contributed by atoms with E-state index in [9.17, 15) is 18.8 Å². The maximum atomic E-state index is 13.1. The summed E-state index contributed by atoms with van der Waals surface area (Å²) in [5, 5.41) is 3.04. The van der Waals surface area contributed by atoms with Crippen molar-refractivity contribution in [2.24, 2.45) is 5.73 Å². The number of amides is 2. The number of primary amides is 1. The van der Waals surface area contributed by atoms with Gasteiger partial charge < -0.3 is 20.8 Å². The highest BCUT2D eigenvalue weighted by Crippen LogP contribution is 2.35. The summed E-state index contributed by atoms with van der Waals surface area (Å²) in [7, 11) is 0. The van der Waals surface area contributed by atoms with Gasteiger partial charge in [0.15, 0.2) is 11.8 Å². The van der Waals surface area contributed by atoms with Crippen LogP contribution in [0.2, 0.25) is 0 Å². The van der Waals surface area contributed by atoms with E-state index in [1.165, 1.54) is 23.9 Å². The molecule has 3 aromatic rings. The molecule has 1 atom stereocenters. The monoisotopic (exact) mass is 454 g/mol. The summed E-state index contributed by atoms with van der Waals surface area (Å²) in [6.45, 7) is -0.240. The first kappa shape index (κ1) is 21.6. The van der Waals surface area contributed by atoms with Crippen molar-refractivity contribution >= 4 is 29.4 Å². The average Bonchev–Trinajstić information content (AvgIpc) is 2.77. The standard InChI is InChI=1S/C22H19FN4O4S/c23-14-5-1-12(2-6-14)11-32-22-26-20-19(21(30)27-22)16(9-18(29)25-20)13-3-7-15(8-4-13)31-10-17(24)28/h1-8,16H,9-11H2,(H2,24,28)(H2,25,26,27,29,30)/t16-/m1/s1. The van der Waals surface area contributed by atoms with Gasteiger partial charge in [-0.05, 0) is 35.4 Å². The van der Waals surface area contributed by atoms with E-state index in [2.05, 4.69) is 15.3 Å². The molecule has 4 N–H and O–H groups in total. The fourth-order valence-electron chi connectivity index (χ4n) is 3.39. The van der Waals surface area contributed by atoms with E-state index in [0.29, 0.717) is 22.2 Å². The van der Waals surface area contributed by atoms with Gasteiger partial charge in [0.05, 0.1) is 5.56 Å². The topological polar surface area (TPSA) is 127 Å². The Hall–Kier alpha value is -3.66. The number of rotatable bonds is 7. The first-order valence-corrected chi connectivity index (χ1v) is 10.7. The van der Waals surface area contributed by atoms with Gasteiger partial charge in [0.2, 0.25) is 5.91 Å². The van der Waals surface area contributed by atoms with Crippen molar-refractivity contribution in [1.29, 1.82) is 0 Å². The Morgan fingerprint density at radius 3 is 2.56 bits per heavy atom. The van der Waals surface area contributed by atoms with Crippen LogP contribution in [0.4, 0.5) is 10.2 Å². The molecule has 2 heterocycles. The van der Waals surface area contributed by atoms with Gasteiger partial charge in [0.25, 0.3) is 11.5 Å². The smallest absolute Gasteiger partial charge is 0.257 e. The Balaban J connectivity index is 1.56. The van der Waals surface area contributed by atoms with Gasteiger partial charge in [0, 0.05) is 18.1 Å². The lowest BCUT2D eigenvalue weighted by atomic mass is 9.87. The summed E-state index contributed by atoms with van der Waals surface area (Å²) >= 11 is 1.28. The molecule has 164 valence electrons. The summed E-state index contributed by atoms with van der Waals surface area (Å²) in [6, 6.07) is 12.8. The van der Waals surface area contributed by atoms with Crippen LogP contribution in [0, 0.1) is 5.82 Å². The van der Waals surface area contributed by atoms with Crippen LogP contribution in [-0.4, -0.2) is 28.4 Å². The van der Waals surface area contributed by atoms with Crippen LogP contribution >= 0.6 is 11.8 Å².